The van der Waals surface area contributed by atoms with Gasteiger partial charge in [-0.2, -0.15) is 0 Å². The largest absolute Gasteiger partial charge is 0.444 e. The number of aromatic nitrogens is 1. The average Bonchev–Trinajstić information content (AvgIpc) is 3.03. The molecule has 4 heteroatoms. The van der Waals surface area contributed by atoms with Gasteiger partial charge in [-0.25, -0.2) is 4.98 Å². The van der Waals surface area contributed by atoms with Crippen LogP contribution in [0.25, 0.3) is 11.3 Å². The Balaban J connectivity index is 1.54. The molecule has 0 saturated carbocycles. The number of oxazole rings is 1. The van der Waals surface area contributed by atoms with Crippen molar-refractivity contribution in [1.82, 2.24) is 10.3 Å². The molecule has 0 radical (unpaired) electrons. The van der Waals surface area contributed by atoms with E-state index in [1.165, 1.54) is 38.6 Å². The summed E-state index contributed by atoms with van der Waals surface area (Å²) in [6, 6.07) is 9.46. The summed E-state index contributed by atoms with van der Waals surface area (Å²) in [7, 11) is 0. The van der Waals surface area contributed by atoms with Gasteiger partial charge in [0, 0.05) is 23.3 Å². The summed E-state index contributed by atoms with van der Waals surface area (Å²) in [5, 5.41) is 7.18. The molecule has 0 aliphatic carbocycles. The summed E-state index contributed by atoms with van der Waals surface area (Å²) < 4.78 is 5.30. The van der Waals surface area contributed by atoms with Crippen LogP contribution in [0.15, 0.2) is 41.3 Å². The molecule has 112 valence electrons. The van der Waals surface area contributed by atoms with Gasteiger partial charge in [0.1, 0.15) is 0 Å². The van der Waals surface area contributed by atoms with Crippen LogP contribution in [0.4, 0.5) is 5.69 Å². The number of rotatable bonds is 5. The van der Waals surface area contributed by atoms with Crippen LogP contribution >= 0.6 is 0 Å². The van der Waals surface area contributed by atoms with Crippen LogP contribution < -0.4 is 10.6 Å². The lowest BCUT2D eigenvalue weighted by molar-refractivity contribution is 0.371. The molecular formula is C17H23N3O. The van der Waals surface area contributed by atoms with Crippen molar-refractivity contribution in [2.45, 2.75) is 44.7 Å². The van der Waals surface area contributed by atoms with E-state index in [9.17, 15) is 0 Å². The zero-order valence-electron chi connectivity index (χ0n) is 12.5. The Hall–Kier alpha value is -1.81. The van der Waals surface area contributed by atoms with Gasteiger partial charge in [0.05, 0.1) is 6.20 Å². The molecule has 4 nitrogen and oxygen atoms in total. The van der Waals surface area contributed by atoms with Crippen molar-refractivity contribution in [3.05, 3.63) is 36.9 Å². The maximum atomic E-state index is 5.30. The highest BCUT2D eigenvalue weighted by Crippen LogP contribution is 2.22. The summed E-state index contributed by atoms with van der Waals surface area (Å²) in [5.41, 5.74) is 2.21. The van der Waals surface area contributed by atoms with E-state index in [4.69, 9.17) is 4.42 Å². The maximum absolute atomic E-state index is 5.30. The summed E-state index contributed by atoms with van der Waals surface area (Å²) in [4.78, 5) is 3.95. The lowest BCUT2D eigenvalue weighted by Gasteiger charge is -2.27. The fourth-order valence-corrected chi connectivity index (χ4v) is 2.98. The molecule has 1 fully saturated rings. The number of nitrogens with one attached hydrogen (secondary N) is 2. The van der Waals surface area contributed by atoms with Gasteiger partial charge in [-0.15, -0.1) is 0 Å². The molecule has 2 atom stereocenters. The number of piperidine rings is 1. The Morgan fingerprint density at radius 2 is 2.19 bits per heavy atom. The molecule has 0 amide bonds. The lowest BCUT2D eigenvalue weighted by atomic mass is 9.98. The Bertz CT molecular complexity index is 530. The van der Waals surface area contributed by atoms with Crippen LogP contribution in [0.3, 0.4) is 0 Å². The van der Waals surface area contributed by atoms with Crippen LogP contribution in [0.1, 0.15) is 32.6 Å². The van der Waals surface area contributed by atoms with E-state index in [-0.39, 0.29) is 0 Å². The molecule has 1 aromatic carbocycles. The van der Waals surface area contributed by atoms with Gasteiger partial charge in [-0.05, 0) is 57.0 Å². The Morgan fingerprint density at radius 1 is 1.33 bits per heavy atom. The van der Waals surface area contributed by atoms with Crippen molar-refractivity contribution >= 4 is 5.69 Å². The molecule has 0 bridgehead atoms. The molecular weight excluding hydrogens is 262 g/mol. The average molecular weight is 285 g/mol. The minimum absolute atomic E-state index is 0.469. The summed E-state index contributed by atoms with van der Waals surface area (Å²) in [6.45, 7) is 3.42. The second-order valence-electron chi connectivity index (χ2n) is 5.87. The lowest BCUT2D eigenvalue weighted by Crippen LogP contribution is -2.37. The summed E-state index contributed by atoms with van der Waals surface area (Å²) in [5.74, 6) is 0.806. The van der Waals surface area contributed by atoms with Crippen LogP contribution in [0, 0.1) is 0 Å². The van der Waals surface area contributed by atoms with E-state index in [1.54, 1.807) is 6.20 Å². The van der Waals surface area contributed by atoms with E-state index < -0.39 is 0 Å². The van der Waals surface area contributed by atoms with Crippen molar-refractivity contribution in [1.29, 1.82) is 0 Å². The Labute approximate surface area is 126 Å². The highest BCUT2D eigenvalue weighted by atomic mass is 16.3. The molecule has 2 unspecified atom stereocenters. The van der Waals surface area contributed by atoms with Gasteiger partial charge in [-0.3, -0.25) is 0 Å². The van der Waals surface area contributed by atoms with E-state index in [2.05, 4.69) is 46.8 Å². The van der Waals surface area contributed by atoms with Gasteiger partial charge in [0.2, 0.25) is 0 Å². The summed E-state index contributed by atoms with van der Waals surface area (Å²) >= 11 is 0. The molecule has 2 aromatic rings. The number of hydrogen-bond donors (Lipinski definition) is 2. The second kappa shape index (κ2) is 6.76. The number of hydrogen-bond acceptors (Lipinski definition) is 4. The third-order valence-corrected chi connectivity index (χ3v) is 4.07. The fourth-order valence-electron chi connectivity index (χ4n) is 2.98. The molecule has 1 aromatic heterocycles. The number of nitrogens with zero attached hydrogens (tertiary/aromatic N) is 1. The van der Waals surface area contributed by atoms with Crippen molar-refractivity contribution in [2.24, 2.45) is 0 Å². The van der Waals surface area contributed by atoms with Crippen molar-refractivity contribution in [3.8, 4) is 11.3 Å². The third-order valence-electron chi connectivity index (χ3n) is 4.07. The van der Waals surface area contributed by atoms with Gasteiger partial charge in [0.15, 0.2) is 12.2 Å². The standard InChI is InChI=1S/C17H23N3O/c1-13(10-16-4-2-3-9-19-16)20-15-7-5-14(6-8-15)17-11-18-12-21-17/h5-8,11-13,16,19-20H,2-4,9-10H2,1H3. The van der Waals surface area contributed by atoms with E-state index in [1.807, 2.05) is 0 Å². The normalized spacial score (nSPS) is 20.1. The minimum atomic E-state index is 0.469. The van der Waals surface area contributed by atoms with Crippen LogP contribution in [-0.4, -0.2) is 23.6 Å². The van der Waals surface area contributed by atoms with Gasteiger partial charge in [0.25, 0.3) is 0 Å². The molecule has 2 N–H and O–H groups in total. The third kappa shape index (κ3) is 3.85. The first kappa shape index (κ1) is 14.1. The molecule has 1 saturated heterocycles. The molecule has 1 aliphatic heterocycles. The zero-order chi connectivity index (χ0) is 14.5. The van der Waals surface area contributed by atoms with Gasteiger partial charge < -0.3 is 15.1 Å². The van der Waals surface area contributed by atoms with Crippen LogP contribution in [0.2, 0.25) is 0 Å². The molecule has 2 heterocycles. The highest BCUT2D eigenvalue weighted by molar-refractivity contribution is 5.60. The Morgan fingerprint density at radius 3 is 2.86 bits per heavy atom. The Kier molecular flexibility index (Phi) is 4.55. The van der Waals surface area contributed by atoms with Crippen LogP contribution in [0.5, 0.6) is 0 Å². The quantitative estimate of drug-likeness (QED) is 0.880. The maximum Gasteiger partial charge on any atom is 0.181 e. The second-order valence-corrected chi connectivity index (χ2v) is 5.87. The molecule has 3 rings (SSSR count). The molecule has 1 aliphatic rings. The predicted octanol–water partition coefficient (Wildman–Crippen LogP) is 3.67. The van der Waals surface area contributed by atoms with E-state index in [0.29, 0.717) is 12.1 Å². The van der Waals surface area contributed by atoms with Gasteiger partial charge >= 0.3 is 0 Å². The van der Waals surface area contributed by atoms with E-state index in [0.717, 1.165) is 17.0 Å². The SMILES string of the molecule is CC(CC1CCCCN1)Nc1ccc(-c2cnco2)cc1. The fraction of sp³-hybridized carbons (Fsp3) is 0.471. The van der Waals surface area contributed by atoms with Gasteiger partial charge in [-0.1, -0.05) is 6.42 Å². The minimum Gasteiger partial charge on any atom is -0.444 e. The highest BCUT2D eigenvalue weighted by Gasteiger charge is 2.15. The molecule has 0 spiro atoms. The predicted molar refractivity (Wildman–Crippen MR) is 85.3 cm³/mol. The smallest absolute Gasteiger partial charge is 0.181 e. The topological polar surface area (TPSA) is 50.1 Å². The zero-order valence-corrected chi connectivity index (χ0v) is 12.5. The summed E-state index contributed by atoms with van der Waals surface area (Å²) in [6.07, 6.45) is 8.35. The monoisotopic (exact) mass is 285 g/mol. The van der Waals surface area contributed by atoms with Crippen molar-refractivity contribution < 1.29 is 4.42 Å². The van der Waals surface area contributed by atoms with Crippen LogP contribution in [-0.2, 0) is 0 Å². The molecule has 21 heavy (non-hydrogen) atoms. The van der Waals surface area contributed by atoms with Crippen molar-refractivity contribution in [2.75, 3.05) is 11.9 Å². The van der Waals surface area contributed by atoms with E-state index >= 15 is 0 Å². The first-order chi connectivity index (χ1) is 10.3. The first-order valence-electron chi connectivity index (χ1n) is 7.80. The number of anilines is 1. The first-order valence-corrected chi connectivity index (χ1v) is 7.80. The van der Waals surface area contributed by atoms with Crippen molar-refractivity contribution in [3.63, 3.8) is 0 Å². The number of benzene rings is 1.